The lowest BCUT2D eigenvalue weighted by Gasteiger charge is -2.31. The normalized spacial score (nSPS) is 20.6. The molecule has 4 atom stereocenters. The van der Waals surface area contributed by atoms with Gasteiger partial charge in [0.2, 0.25) is 6.79 Å². The molecule has 1 aromatic heterocycles. The Balaban J connectivity index is 1.84. The van der Waals surface area contributed by atoms with Gasteiger partial charge in [0.25, 0.3) is 5.91 Å². The van der Waals surface area contributed by atoms with Crippen LogP contribution in [0.3, 0.4) is 0 Å². The van der Waals surface area contributed by atoms with Crippen LogP contribution in [0.5, 0.6) is 11.5 Å². The Morgan fingerprint density at radius 2 is 1.80 bits per heavy atom. The fourth-order valence-corrected chi connectivity index (χ4v) is 4.38. The number of methoxy groups -OCH3 is 1. The van der Waals surface area contributed by atoms with Crippen LogP contribution in [0.2, 0.25) is 0 Å². The minimum atomic E-state index is -4.51. The number of cyclic esters (lactones) is 1. The average molecular weight is 641 g/mol. The molecule has 2 aromatic rings. The molecule has 15 heteroatoms. The van der Waals surface area contributed by atoms with E-state index in [2.05, 4.69) is 10.3 Å². The molecular formula is C30H35F3N2O10. The van der Waals surface area contributed by atoms with Gasteiger partial charge in [0.15, 0.2) is 23.2 Å². The molecule has 1 aliphatic heterocycles. The highest BCUT2D eigenvalue weighted by atomic mass is 19.4. The van der Waals surface area contributed by atoms with Crippen LogP contribution in [0.25, 0.3) is 0 Å². The van der Waals surface area contributed by atoms with Gasteiger partial charge in [-0.2, -0.15) is 13.2 Å². The number of hydrogen-bond donors (Lipinski definition) is 1. The maximum atomic E-state index is 13.3. The van der Waals surface area contributed by atoms with Crippen LogP contribution in [0.15, 0.2) is 36.5 Å². The molecule has 1 N–H and O–H groups in total. The molecule has 1 amide bonds. The molecule has 0 bridgehead atoms. The third kappa shape index (κ3) is 9.80. The largest absolute Gasteiger partial charge is 0.493 e. The fraction of sp³-hybridized carbons (Fsp3) is 0.500. The molecule has 1 aliphatic rings. The van der Waals surface area contributed by atoms with Crippen molar-refractivity contribution in [3.05, 3.63) is 53.3 Å². The average Bonchev–Trinajstić information content (AvgIpc) is 3.02. The SMILES string of the molecule is COc1ccnc(C(=O)N[C@H]2COC[C@H](Cc3ccc(C(F)(F)F)cc3)[C@@H](OC(=O)C(C)C)[C@H](C)OC2=O)c1OCOC(C)=O. The molecule has 1 fully saturated rings. The van der Waals surface area contributed by atoms with Gasteiger partial charge in [0, 0.05) is 25.1 Å². The molecule has 0 unspecified atom stereocenters. The zero-order valence-corrected chi connectivity index (χ0v) is 25.3. The van der Waals surface area contributed by atoms with Crippen LogP contribution in [0, 0.1) is 11.8 Å². The Bertz CT molecular complexity index is 1350. The quantitative estimate of drug-likeness (QED) is 0.231. The fourth-order valence-electron chi connectivity index (χ4n) is 4.38. The maximum Gasteiger partial charge on any atom is 0.416 e. The molecule has 246 valence electrons. The first-order valence-electron chi connectivity index (χ1n) is 14.0. The van der Waals surface area contributed by atoms with Crippen molar-refractivity contribution >= 4 is 23.8 Å². The highest BCUT2D eigenvalue weighted by Gasteiger charge is 2.38. The number of benzene rings is 1. The Kier molecular flexibility index (Phi) is 12.1. The number of esters is 3. The molecule has 0 spiro atoms. The van der Waals surface area contributed by atoms with Gasteiger partial charge in [-0.05, 0) is 31.0 Å². The minimum Gasteiger partial charge on any atom is -0.493 e. The number of rotatable bonds is 10. The number of carbonyl (C=O) groups is 4. The number of amides is 1. The second-order valence-corrected chi connectivity index (χ2v) is 10.5. The van der Waals surface area contributed by atoms with Crippen molar-refractivity contribution in [3.8, 4) is 11.5 Å². The predicted molar refractivity (Wildman–Crippen MR) is 149 cm³/mol. The Hall–Kier alpha value is -4.40. The number of nitrogens with one attached hydrogen (secondary N) is 1. The Morgan fingerprint density at radius 1 is 1.11 bits per heavy atom. The van der Waals surface area contributed by atoms with Gasteiger partial charge in [-0.15, -0.1) is 0 Å². The first-order valence-corrected chi connectivity index (χ1v) is 14.0. The lowest BCUT2D eigenvalue weighted by Crippen LogP contribution is -2.47. The molecule has 12 nitrogen and oxygen atoms in total. The van der Waals surface area contributed by atoms with Gasteiger partial charge in [-0.3, -0.25) is 14.4 Å². The number of alkyl halides is 3. The van der Waals surface area contributed by atoms with Gasteiger partial charge in [0.1, 0.15) is 12.2 Å². The standard InChI is InChI=1S/C30H35F3N2O10/c1-16(2)28(38)45-25-17(3)44-29(39)22(14-41-13-20(25)12-19-6-8-21(9-7-19)30(31,32)33)35-27(37)24-26(43-15-42-18(4)36)23(40-5)10-11-34-24/h6-11,16-17,20,22,25H,12-15H2,1-5H3,(H,35,37)/t17-,20-,22-,25-/m0/s1. The Labute approximate surface area is 257 Å². The number of pyridine rings is 1. The molecule has 0 radical (unpaired) electrons. The van der Waals surface area contributed by atoms with E-state index in [9.17, 15) is 32.3 Å². The number of aromatic nitrogens is 1. The predicted octanol–water partition coefficient (Wildman–Crippen LogP) is 3.50. The van der Waals surface area contributed by atoms with Crippen molar-refractivity contribution < 1.29 is 60.8 Å². The molecule has 0 saturated carbocycles. The molecule has 0 aliphatic carbocycles. The van der Waals surface area contributed by atoms with E-state index in [1.165, 1.54) is 45.4 Å². The summed E-state index contributed by atoms with van der Waals surface area (Å²) >= 11 is 0. The Morgan fingerprint density at radius 3 is 2.40 bits per heavy atom. The zero-order chi connectivity index (χ0) is 33.3. The van der Waals surface area contributed by atoms with E-state index in [1.54, 1.807) is 13.8 Å². The summed E-state index contributed by atoms with van der Waals surface area (Å²) in [6.45, 7) is 4.92. The second-order valence-electron chi connectivity index (χ2n) is 10.5. The van der Waals surface area contributed by atoms with Gasteiger partial charge in [-0.1, -0.05) is 26.0 Å². The van der Waals surface area contributed by atoms with Gasteiger partial charge in [-0.25, -0.2) is 9.78 Å². The monoisotopic (exact) mass is 640 g/mol. The summed E-state index contributed by atoms with van der Waals surface area (Å²) < 4.78 is 71.8. The minimum absolute atomic E-state index is 0.0986. The summed E-state index contributed by atoms with van der Waals surface area (Å²) in [7, 11) is 1.32. The van der Waals surface area contributed by atoms with Crippen molar-refractivity contribution in [3.63, 3.8) is 0 Å². The van der Waals surface area contributed by atoms with E-state index in [4.69, 9.17) is 28.4 Å². The van der Waals surface area contributed by atoms with E-state index < -0.39 is 72.4 Å². The molecule has 3 rings (SSSR count). The zero-order valence-electron chi connectivity index (χ0n) is 25.3. The highest BCUT2D eigenvalue weighted by molar-refractivity contribution is 5.98. The lowest BCUT2D eigenvalue weighted by molar-refractivity contribution is -0.173. The summed E-state index contributed by atoms with van der Waals surface area (Å²) in [4.78, 5) is 54.2. The topological polar surface area (TPSA) is 149 Å². The van der Waals surface area contributed by atoms with Crippen LogP contribution < -0.4 is 14.8 Å². The van der Waals surface area contributed by atoms with Gasteiger partial charge in [0.05, 0.1) is 31.8 Å². The van der Waals surface area contributed by atoms with E-state index in [0.29, 0.717) is 5.56 Å². The van der Waals surface area contributed by atoms with Gasteiger partial charge < -0.3 is 33.7 Å². The number of hydrogen-bond acceptors (Lipinski definition) is 11. The number of halogens is 3. The van der Waals surface area contributed by atoms with E-state index in [-0.39, 0.29) is 36.8 Å². The van der Waals surface area contributed by atoms with Crippen LogP contribution in [-0.4, -0.2) is 74.2 Å². The van der Waals surface area contributed by atoms with Crippen molar-refractivity contribution in [2.75, 3.05) is 27.1 Å². The van der Waals surface area contributed by atoms with Crippen molar-refractivity contribution in [1.82, 2.24) is 10.3 Å². The highest BCUT2D eigenvalue weighted by Crippen LogP contribution is 2.31. The first-order chi connectivity index (χ1) is 21.2. The number of carbonyl (C=O) groups excluding carboxylic acids is 4. The first kappa shape index (κ1) is 35.1. The van der Waals surface area contributed by atoms with Crippen molar-refractivity contribution in [1.29, 1.82) is 0 Å². The van der Waals surface area contributed by atoms with Crippen LogP contribution in [0.4, 0.5) is 13.2 Å². The van der Waals surface area contributed by atoms with E-state index in [0.717, 1.165) is 12.1 Å². The van der Waals surface area contributed by atoms with E-state index in [1.807, 2.05) is 0 Å². The van der Waals surface area contributed by atoms with Crippen molar-refractivity contribution in [2.45, 2.75) is 58.5 Å². The number of ether oxygens (including phenoxy) is 6. The number of nitrogens with zero attached hydrogens (tertiary/aromatic N) is 1. The molecule has 1 saturated heterocycles. The molecule has 45 heavy (non-hydrogen) atoms. The molecule has 1 aromatic carbocycles. The maximum absolute atomic E-state index is 13.3. The molecular weight excluding hydrogens is 605 g/mol. The summed E-state index contributed by atoms with van der Waals surface area (Å²) in [5.74, 6) is -4.18. The summed E-state index contributed by atoms with van der Waals surface area (Å²) in [6.07, 6.45) is -5.16. The second kappa shape index (κ2) is 15.5. The van der Waals surface area contributed by atoms with E-state index >= 15 is 0 Å². The van der Waals surface area contributed by atoms with Gasteiger partial charge >= 0.3 is 24.1 Å². The molecule has 2 heterocycles. The summed E-state index contributed by atoms with van der Waals surface area (Å²) in [5.41, 5.74) is -0.590. The van der Waals surface area contributed by atoms with Crippen LogP contribution >= 0.6 is 0 Å². The van der Waals surface area contributed by atoms with Crippen LogP contribution in [-0.2, 0) is 45.9 Å². The third-order valence-corrected chi connectivity index (χ3v) is 6.71. The van der Waals surface area contributed by atoms with Crippen LogP contribution in [0.1, 0.15) is 49.3 Å². The third-order valence-electron chi connectivity index (χ3n) is 6.71. The van der Waals surface area contributed by atoms with Crippen molar-refractivity contribution in [2.24, 2.45) is 11.8 Å². The smallest absolute Gasteiger partial charge is 0.416 e. The lowest BCUT2D eigenvalue weighted by atomic mass is 9.91. The summed E-state index contributed by atoms with van der Waals surface area (Å²) in [6, 6.07) is 4.60. The summed E-state index contributed by atoms with van der Waals surface area (Å²) in [5, 5.41) is 2.49.